The monoisotopic (exact) mass is 448 g/mol. The Kier molecular flexibility index (Phi) is 4.77. The number of ether oxygens (including phenoxy) is 2. The summed E-state index contributed by atoms with van der Waals surface area (Å²) in [4.78, 5) is 9.39. The highest BCUT2D eigenvalue weighted by atomic mass is 16.5. The van der Waals surface area contributed by atoms with Crippen LogP contribution < -0.4 is 9.47 Å². The van der Waals surface area contributed by atoms with Gasteiger partial charge < -0.3 is 18.3 Å². The van der Waals surface area contributed by atoms with Crippen molar-refractivity contribution in [2.45, 2.75) is 0 Å². The van der Waals surface area contributed by atoms with E-state index in [0.29, 0.717) is 11.8 Å². The van der Waals surface area contributed by atoms with E-state index in [1.54, 1.807) is 14.2 Å². The molecule has 166 valence electrons. The lowest BCUT2D eigenvalue weighted by Gasteiger charge is -2.00. The Morgan fingerprint density at radius 1 is 0.500 bits per heavy atom. The molecule has 0 aliphatic heterocycles. The highest BCUT2D eigenvalue weighted by Gasteiger charge is 2.12. The Labute approximate surface area is 195 Å². The quantitative estimate of drug-likeness (QED) is 0.283. The van der Waals surface area contributed by atoms with Gasteiger partial charge in [-0.1, -0.05) is 12.1 Å². The first kappa shape index (κ1) is 20.1. The van der Waals surface area contributed by atoms with Crippen LogP contribution in [0.15, 0.2) is 93.8 Å². The van der Waals surface area contributed by atoms with Gasteiger partial charge in [0.15, 0.2) is 11.2 Å². The lowest BCUT2D eigenvalue weighted by atomic mass is 10.0. The smallest absolute Gasteiger partial charge is 0.227 e. The molecule has 0 amide bonds. The molecule has 0 fully saturated rings. The predicted octanol–water partition coefficient (Wildman–Crippen LogP) is 6.99. The van der Waals surface area contributed by atoms with Gasteiger partial charge >= 0.3 is 0 Å². The summed E-state index contributed by atoms with van der Waals surface area (Å²) >= 11 is 0. The van der Waals surface area contributed by atoms with Gasteiger partial charge in [-0.05, 0) is 83.9 Å². The molecule has 0 saturated carbocycles. The van der Waals surface area contributed by atoms with E-state index in [2.05, 4.69) is 0 Å². The lowest BCUT2D eigenvalue weighted by Crippen LogP contribution is -1.82. The van der Waals surface area contributed by atoms with Gasteiger partial charge in [-0.2, -0.15) is 0 Å². The van der Waals surface area contributed by atoms with E-state index < -0.39 is 0 Å². The van der Waals surface area contributed by atoms with E-state index in [9.17, 15) is 0 Å². The van der Waals surface area contributed by atoms with Crippen LogP contribution in [0.25, 0.3) is 56.2 Å². The van der Waals surface area contributed by atoms with E-state index in [4.69, 9.17) is 28.3 Å². The minimum Gasteiger partial charge on any atom is -0.497 e. The fraction of sp³-hybridized carbons (Fsp3) is 0.0714. The fourth-order valence-electron chi connectivity index (χ4n) is 3.93. The summed E-state index contributed by atoms with van der Waals surface area (Å²) in [7, 11) is 3.29. The summed E-state index contributed by atoms with van der Waals surface area (Å²) in [5, 5.41) is 0. The van der Waals surface area contributed by atoms with E-state index in [1.165, 1.54) is 0 Å². The molecular formula is C28H20N2O4. The van der Waals surface area contributed by atoms with Gasteiger partial charge in [0.1, 0.15) is 22.5 Å². The van der Waals surface area contributed by atoms with Gasteiger partial charge in [-0.15, -0.1) is 0 Å². The largest absolute Gasteiger partial charge is 0.497 e. The van der Waals surface area contributed by atoms with Crippen LogP contribution in [0.2, 0.25) is 0 Å². The molecule has 0 unspecified atom stereocenters. The Bertz CT molecular complexity index is 1490. The third-order valence-electron chi connectivity index (χ3n) is 5.78. The van der Waals surface area contributed by atoms with Crippen LogP contribution >= 0.6 is 0 Å². The number of hydrogen-bond donors (Lipinski definition) is 0. The van der Waals surface area contributed by atoms with Crippen molar-refractivity contribution >= 4 is 22.2 Å². The van der Waals surface area contributed by atoms with Crippen molar-refractivity contribution in [1.82, 2.24) is 9.97 Å². The predicted molar refractivity (Wildman–Crippen MR) is 131 cm³/mol. The van der Waals surface area contributed by atoms with Gasteiger partial charge in [0.2, 0.25) is 11.8 Å². The number of hydrogen-bond acceptors (Lipinski definition) is 6. The van der Waals surface area contributed by atoms with Gasteiger partial charge in [-0.3, -0.25) is 0 Å². The SMILES string of the molecule is COc1ccc(-c2nc3cc(-c4ccc5oc(-c6ccc(OC)cc6)nc5c4)ccc3o2)cc1. The number of benzene rings is 4. The van der Waals surface area contributed by atoms with Gasteiger partial charge in [0.05, 0.1) is 14.2 Å². The molecular weight excluding hydrogens is 428 g/mol. The maximum atomic E-state index is 5.97. The van der Waals surface area contributed by atoms with Crippen molar-refractivity contribution in [2.75, 3.05) is 14.2 Å². The zero-order chi connectivity index (χ0) is 23.1. The Morgan fingerprint density at radius 2 is 0.882 bits per heavy atom. The van der Waals surface area contributed by atoms with Crippen molar-refractivity contribution in [1.29, 1.82) is 0 Å². The molecule has 34 heavy (non-hydrogen) atoms. The second-order valence-corrected chi connectivity index (χ2v) is 7.86. The third kappa shape index (κ3) is 3.55. The number of rotatable bonds is 5. The summed E-state index contributed by atoms with van der Waals surface area (Å²) in [6, 6.07) is 27.3. The van der Waals surface area contributed by atoms with Crippen molar-refractivity contribution in [2.24, 2.45) is 0 Å². The molecule has 6 rings (SSSR count). The second kappa shape index (κ2) is 8.08. The summed E-state index contributed by atoms with van der Waals surface area (Å²) < 4.78 is 22.4. The molecule has 6 heteroatoms. The summed E-state index contributed by atoms with van der Waals surface area (Å²) in [5.41, 5.74) is 6.90. The number of nitrogens with zero attached hydrogens (tertiary/aromatic N) is 2. The van der Waals surface area contributed by atoms with Crippen LogP contribution in [-0.4, -0.2) is 24.2 Å². The molecule has 0 aliphatic rings. The Hall–Kier alpha value is -4.58. The number of oxazole rings is 2. The standard InChI is InChI=1S/C28H20N2O4/c1-31-21-9-3-17(4-10-21)27-29-23-15-19(7-13-25(23)33-27)20-8-14-26-24(16-20)30-28(34-26)18-5-11-22(32-2)12-6-18/h3-16H,1-2H3. The summed E-state index contributed by atoms with van der Waals surface area (Å²) in [6.07, 6.45) is 0. The first-order valence-electron chi connectivity index (χ1n) is 10.8. The maximum absolute atomic E-state index is 5.97. The van der Waals surface area contributed by atoms with Crippen LogP contribution in [-0.2, 0) is 0 Å². The van der Waals surface area contributed by atoms with Crippen LogP contribution in [0.4, 0.5) is 0 Å². The van der Waals surface area contributed by atoms with E-state index >= 15 is 0 Å². The molecule has 0 N–H and O–H groups in total. The topological polar surface area (TPSA) is 70.5 Å². The van der Waals surface area contributed by atoms with Gasteiger partial charge in [-0.25, -0.2) is 9.97 Å². The molecule has 6 nitrogen and oxygen atoms in total. The molecule has 2 aromatic heterocycles. The van der Waals surface area contributed by atoms with Crippen LogP contribution in [0.5, 0.6) is 11.5 Å². The zero-order valence-electron chi connectivity index (χ0n) is 18.6. The van der Waals surface area contributed by atoms with Crippen molar-refractivity contribution in [3.05, 3.63) is 84.9 Å². The molecule has 0 spiro atoms. The average molecular weight is 448 g/mol. The van der Waals surface area contributed by atoms with Crippen molar-refractivity contribution in [3.63, 3.8) is 0 Å². The number of fused-ring (bicyclic) bond motifs is 2. The minimum absolute atomic E-state index is 0.575. The van der Waals surface area contributed by atoms with Gasteiger partial charge in [0.25, 0.3) is 0 Å². The second-order valence-electron chi connectivity index (χ2n) is 7.86. The van der Waals surface area contributed by atoms with Crippen molar-refractivity contribution < 1.29 is 18.3 Å². The highest BCUT2D eigenvalue weighted by Crippen LogP contribution is 2.32. The van der Waals surface area contributed by atoms with Crippen LogP contribution in [0.1, 0.15) is 0 Å². The molecule has 0 aliphatic carbocycles. The average Bonchev–Trinajstić information content (AvgIpc) is 3.52. The van der Waals surface area contributed by atoms with E-state index in [0.717, 1.165) is 56.0 Å². The maximum Gasteiger partial charge on any atom is 0.227 e. The number of methoxy groups -OCH3 is 2. The van der Waals surface area contributed by atoms with Gasteiger partial charge in [0, 0.05) is 11.1 Å². The molecule has 0 saturated heterocycles. The first-order chi connectivity index (χ1) is 16.7. The highest BCUT2D eigenvalue weighted by molar-refractivity contribution is 5.86. The third-order valence-corrected chi connectivity index (χ3v) is 5.78. The Balaban J connectivity index is 1.33. The zero-order valence-corrected chi connectivity index (χ0v) is 18.6. The molecule has 2 heterocycles. The fourth-order valence-corrected chi connectivity index (χ4v) is 3.93. The van der Waals surface area contributed by atoms with Crippen LogP contribution in [0, 0.1) is 0 Å². The minimum atomic E-state index is 0.575. The normalized spacial score (nSPS) is 11.2. The molecule has 0 radical (unpaired) electrons. The molecule has 0 bridgehead atoms. The summed E-state index contributed by atoms with van der Waals surface area (Å²) in [6.45, 7) is 0. The first-order valence-corrected chi connectivity index (χ1v) is 10.8. The molecule has 0 atom stereocenters. The van der Waals surface area contributed by atoms with Crippen LogP contribution in [0.3, 0.4) is 0 Å². The Morgan fingerprint density at radius 3 is 1.26 bits per heavy atom. The summed E-state index contributed by atoms with van der Waals surface area (Å²) in [5.74, 6) is 2.73. The van der Waals surface area contributed by atoms with E-state index in [-0.39, 0.29) is 0 Å². The van der Waals surface area contributed by atoms with Crippen molar-refractivity contribution in [3.8, 4) is 45.5 Å². The molecule has 6 aromatic rings. The number of aromatic nitrogens is 2. The van der Waals surface area contributed by atoms with E-state index in [1.807, 2.05) is 84.9 Å². The lowest BCUT2D eigenvalue weighted by molar-refractivity contribution is 0.414. The molecule has 4 aromatic carbocycles.